The molecule has 86 valence electrons. The van der Waals surface area contributed by atoms with E-state index < -0.39 is 41.1 Å². The van der Waals surface area contributed by atoms with Crippen molar-refractivity contribution in [1.29, 1.82) is 0 Å². The summed E-state index contributed by atoms with van der Waals surface area (Å²) in [7, 11) is 0. The maximum absolute atomic E-state index is 13.2. The van der Waals surface area contributed by atoms with Crippen LogP contribution in [-0.2, 0) is 0 Å². The molecule has 1 rings (SSSR count). The Bertz CT molecular complexity index is 317. The number of halogens is 5. The average molecular weight is 245 g/mol. The van der Waals surface area contributed by atoms with Gasteiger partial charge in [0.2, 0.25) is 0 Å². The van der Waals surface area contributed by atoms with Crippen molar-refractivity contribution in [3.8, 4) is 0 Å². The van der Waals surface area contributed by atoms with Gasteiger partial charge >= 0.3 is 6.18 Å². The van der Waals surface area contributed by atoms with E-state index in [1.807, 2.05) is 0 Å². The minimum atomic E-state index is -4.53. The first kappa shape index (κ1) is 12.5. The smallest absolute Gasteiger partial charge is 0.389 e. The lowest BCUT2D eigenvalue weighted by atomic mass is 9.95. The van der Waals surface area contributed by atoms with Gasteiger partial charge in [0.25, 0.3) is 0 Å². The van der Waals surface area contributed by atoms with Gasteiger partial charge < -0.3 is 5.11 Å². The second-order valence-electron chi connectivity index (χ2n) is 3.32. The van der Waals surface area contributed by atoms with Gasteiger partial charge in [-0.1, -0.05) is 0 Å². The fourth-order valence-electron chi connectivity index (χ4n) is 1.30. The van der Waals surface area contributed by atoms with Gasteiger partial charge in [0.05, 0.1) is 11.5 Å². The summed E-state index contributed by atoms with van der Waals surface area (Å²) in [4.78, 5) is 0. The van der Waals surface area contributed by atoms with Crippen LogP contribution in [0.1, 0.15) is 13.3 Å². The van der Waals surface area contributed by atoms with E-state index in [2.05, 4.69) is 0 Å². The van der Waals surface area contributed by atoms with Crippen LogP contribution in [0.2, 0.25) is 0 Å². The minimum Gasteiger partial charge on any atom is -0.389 e. The Labute approximate surface area is 89.0 Å². The Balaban J connectivity index is 3.12. The molecule has 1 aliphatic carbocycles. The molecule has 0 amide bonds. The standard InChI is InChI=1S/C9H9ClF4O/c1-4(15)6-2-5(9(12,13)14)3-7(10)8(6)11/h2,4,7,15H,3H2,1H3. The quantitative estimate of drug-likeness (QED) is 0.555. The van der Waals surface area contributed by atoms with E-state index in [0.29, 0.717) is 6.08 Å². The van der Waals surface area contributed by atoms with Gasteiger partial charge in [-0.05, 0) is 13.0 Å². The first-order chi connectivity index (χ1) is 6.73. The van der Waals surface area contributed by atoms with Crippen LogP contribution in [0.4, 0.5) is 17.6 Å². The van der Waals surface area contributed by atoms with Crippen LogP contribution >= 0.6 is 11.6 Å². The number of hydrogen-bond donors (Lipinski definition) is 1. The summed E-state index contributed by atoms with van der Waals surface area (Å²) in [5, 5.41) is 7.73. The lowest BCUT2D eigenvalue weighted by Crippen LogP contribution is -2.23. The lowest BCUT2D eigenvalue weighted by Gasteiger charge is -2.22. The number of aliphatic hydroxyl groups excluding tert-OH is 1. The van der Waals surface area contributed by atoms with Crippen molar-refractivity contribution in [3.63, 3.8) is 0 Å². The molecule has 0 spiro atoms. The molecule has 0 fully saturated rings. The molecule has 0 aromatic heterocycles. The maximum Gasteiger partial charge on any atom is 0.412 e. The second-order valence-corrected chi connectivity index (χ2v) is 3.85. The van der Waals surface area contributed by atoms with E-state index in [9.17, 15) is 17.6 Å². The molecule has 0 heterocycles. The molecular weight excluding hydrogens is 236 g/mol. The molecule has 2 atom stereocenters. The highest BCUT2D eigenvalue weighted by Crippen LogP contribution is 2.38. The normalized spacial score (nSPS) is 25.3. The zero-order valence-electron chi connectivity index (χ0n) is 7.78. The summed E-state index contributed by atoms with van der Waals surface area (Å²) >= 11 is 5.42. The van der Waals surface area contributed by atoms with Gasteiger partial charge in [-0.3, -0.25) is 0 Å². The zero-order valence-corrected chi connectivity index (χ0v) is 8.53. The van der Waals surface area contributed by atoms with Gasteiger partial charge in [0, 0.05) is 17.6 Å². The lowest BCUT2D eigenvalue weighted by molar-refractivity contribution is -0.0943. The summed E-state index contributed by atoms with van der Waals surface area (Å²) < 4.78 is 50.2. The Hall–Kier alpha value is -0.550. The number of aliphatic hydroxyl groups is 1. The molecule has 0 radical (unpaired) electrons. The Kier molecular flexibility index (Phi) is 3.45. The zero-order chi connectivity index (χ0) is 11.8. The molecule has 0 aromatic rings. The van der Waals surface area contributed by atoms with Crippen LogP contribution in [0.5, 0.6) is 0 Å². The highest BCUT2D eigenvalue weighted by molar-refractivity contribution is 6.22. The number of hydrogen-bond acceptors (Lipinski definition) is 1. The highest BCUT2D eigenvalue weighted by atomic mass is 35.5. The molecule has 1 N–H and O–H groups in total. The Morgan fingerprint density at radius 1 is 1.53 bits per heavy atom. The van der Waals surface area contributed by atoms with Crippen molar-refractivity contribution in [1.82, 2.24) is 0 Å². The van der Waals surface area contributed by atoms with Crippen molar-refractivity contribution in [2.75, 3.05) is 0 Å². The molecule has 2 unspecified atom stereocenters. The number of allylic oxidation sites excluding steroid dienone is 2. The summed E-state index contributed by atoms with van der Waals surface area (Å²) in [6, 6.07) is 0. The van der Waals surface area contributed by atoms with Crippen molar-refractivity contribution >= 4 is 11.6 Å². The van der Waals surface area contributed by atoms with Gasteiger partial charge in [-0.25, -0.2) is 4.39 Å². The van der Waals surface area contributed by atoms with Gasteiger partial charge in [-0.2, -0.15) is 13.2 Å². The van der Waals surface area contributed by atoms with Gasteiger partial charge in [0.1, 0.15) is 5.83 Å². The molecule has 0 saturated heterocycles. The first-order valence-electron chi connectivity index (χ1n) is 4.23. The number of rotatable bonds is 1. The third kappa shape index (κ3) is 2.72. The molecule has 0 saturated carbocycles. The molecule has 1 nitrogen and oxygen atoms in total. The van der Waals surface area contributed by atoms with E-state index in [1.165, 1.54) is 6.92 Å². The van der Waals surface area contributed by atoms with Crippen LogP contribution in [0.15, 0.2) is 23.0 Å². The van der Waals surface area contributed by atoms with E-state index in [-0.39, 0.29) is 0 Å². The predicted molar refractivity (Wildman–Crippen MR) is 48.2 cm³/mol. The first-order valence-corrected chi connectivity index (χ1v) is 4.66. The minimum absolute atomic E-state index is 0.395. The molecule has 6 heteroatoms. The largest absolute Gasteiger partial charge is 0.412 e. The predicted octanol–water partition coefficient (Wildman–Crippen LogP) is 3.09. The molecule has 0 aromatic carbocycles. The SMILES string of the molecule is CC(O)C1=C(F)C(Cl)CC(C(F)(F)F)=C1. The van der Waals surface area contributed by atoms with E-state index in [4.69, 9.17) is 16.7 Å². The molecule has 1 aliphatic rings. The summed E-state index contributed by atoms with van der Waals surface area (Å²) in [6.07, 6.45) is -5.82. The van der Waals surface area contributed by atoms with Crippen LogP contribution in [-0.4, -0.2) is 22.8 Å². The highest BCUT2D eigenvalue weighted by Gasteiger charge is 2.38. The summed E-state index contributed by atoms with van der Waals surface area (Å²) in [5.74, 6) is -0.889. The maximum atomic E-state index is 13.2. The summed E-state index contributed by atoms with van der Waals surface area (Å²) in [6.45, 7) is 1.19. The molecular formula is C9H9ClF4O. The molecule has 15 heavy (non-hydrogen) atoms. The Morgan fingerprint density at radius 3 is 2.47 bits per heavy atom. The number of alkyl halides is 4. The topological polar surface area (TPSA) is 20.2 Å². The van der Waals surface area contributed by atoms with Crippen molar-refractivity contribution in [2.45, 2.75) is 31.0 Å². The van der Waals surface area contributed by atoms with Crippen molar-refractivity contribution < 1.29 is 22.7 Å². The van der Waals surface area contributed by atoms with Gasteiger partial charge in [-0.15, -0.1) is 11.6 Å². The van der Waals surface area contributed by atoms with Crippen molar-refractivity contribution in [3.05, 3.63) is 23.0 Å². The Morgan fingerprint density at radius 2 is 2.07 bits per heavy atom. The van der Waals surface area contributed by atoms with E-state index in [0.717, 1.165) is 0 Å². The summed E-state index contributed by atoms with van der Waals surface area (Å²) in [5.41, 5.74) is -1.31. The third-order valence-electron chi connectivity index (χ3n) is 2.09. The van der Waals surface area contributed by atoms with Crippen LogP contribution in [0.3, 0.4) is 0 Å². The van der Waals surface area contributed by atoms with Crippen molar-refractivity contribution in [2.24, 2.45) is 0 Å². The fraction of sp³-hybridized carbons (Fsp3) is 0.556. The molecule has 0 bridgehead atoms. The monoisotopic (exact) mass is 244 g/mol. The third-order valence-corrected chi connectivity index (χ3v) is 2.44. The average Bonchev–Trinajstić information content (AvgIpc) is 2.06. The second kappa shape index (κ2) is 4.14. The fourth-order valence-corrected chi connectivity index (χ4v) is 1.59. The van der Waals surface area contributed by atoms with Gasteiger partial charge in [0.15, 0.2) is 0 Å². The van der Waals surface area contributed by atoms with Crippen LogP contribution < -0.4 is 0 Å². The van der Waals surface area contributed by atoms with Crippen LogP contribution in [0, 0.1) is 0 Å². The molecule has 0 aliphatic heterocycles. The van der Waals surface area contributed by atoms with E-state index in [1.54, 1.807) is 0 Å². The van der Waals surface area contributed by atoms with Crippen LogP contribution in [0.25, 0.3) is 0 Å². The van der Waals surface area contributed by atoms with E-state index >= 15 is 0 Å².